The molecule has 112 valence electrons. The van der Waals surface area contributed by atoms with Crippen LogP contribution in [0.15, 0.2) is 23.8 Å². The average Bonchev–Trinajstić information content (AvgIpc) is 2.97. The van der Waals surface area contributed by atoms with Gasteiger partial charge in [-0.2, -0.15) is 0 Å². The van der Waals surface area contributed by atoms with Crippen LogP contribution >= 0.6 is 11.3 Å². The summed E-state index contributed by atoms with van der Waals surface area (Å²) >= 11 is 1.33. The number of rotatable bonds is 6. The normalized spacial score (nSPS) is 12.4. The van der Waals surface area contributed by atoms with Crippen LogP contribution in [0.25, 0.3) is 10.8 Å². The van der Waals surface area contributed by atoms with Crippen molar-refractivity contribution in [1.29, 1.82) is 0 Å². The second-order valence-electron chi connectivity index (χ2n) is 4.95. The maximum Gasteiger partial charge on any atom is 0.271 e. The van der Waals surface area contributed by atoms with E-state index in [2.05, 4.69) is 20.3 Å². The lowest BCUT2D eigenvalue weighted by molar-refractivity contribution is 0.0912. The first-order chi connectivity index (χ1) is 10.1. The maximum absolute atomic E-state index is 12.2. The second-order valence-corrected chi connectivity index (χ2v) is 5.80. The summed E-state index contributed by atoms with van der Waals surface area (Å²) < 4.78 is 0. The molecule has 0 saturated heterocycles. The lowest BCUT2D eigenvalue weighted by Crippen LogP contribution is -2.39. The van der Waals surface area contributed by atoms with Crippen molar-refractivity contribution >= 4 is 17.2 Å². The molecule has 2 rings (SSSR count). The number of carbonyl (C=O) groups is 1. The molecule has 1 unspecified atom stereocenters. The Kier molecular flexibility index (Phi) is 5.35. The van der Waals surface area contributed by atoms with Crippen molar-refractivity contribution in [2.45, 2.75) is 26.3 Å². The van der Waals surface area contributed by atoms with Crippen molar-refractivity contribution in [3.05, 3.63) is 29.5 Å². The number of nitrogens with one attached hydrogen (secondary N) is 1. The van der Waals surface area contributed by atoms with Crippen LogP contribution in [0.3, 0.4) is 0 Å². The van der Waals surface area contributed by atoms with E-state index in [1.807, 2.05) is 13.8 Å². The van der Waals surface area contributed by atoms with Gasteiger partial charge in [-0.3, -0.25) is 4.79 Å². The molecule has 2 aromatic heterocycles. The zero-order chi connectivity index (χ0) is 15.2. The third-order valence-corrected chi connectivity index (χ3v) is 3.89. The molecule has 0 aliphatic heterocycles. The Labute approximate surface area is 127 Å². The summed E-state index contributed by atoms with van der Waals surface area (Å²) in [5, 5.41) is 14.2. The molecule has 7 heteroatoms. The molecule has 0 bridgehead atoms. The number of thiazole rings is 1. The molecule has 21 heavy (non-hydrogen) atoms. The molecule has 1 amide bonds. The Bertz CT molecular complexity index is 586. The van der Waals surface area contributed by atoms with Gasteiger partial charge in [0.2, 0.25) is 0 Å². The largest absolute Gasteiger partial charge is 0.396 e. The first kappa shape index (κ1) is 15.5. The van der Waals surface area contributed by atoms with Gasteiger partial charge in [0, 0.05) is 30.4 Å². The Balaban J connectivity index is 2.08. The quantitative estimate of drug-likeness (QED) is 0.848. The highest BCUT2D eigenvalue weighted by molar-refractivity contribution is 7.13. The van der Waals surface area contributed by atoms with Gasteiger partial charge in [-0.1, -0.05) is 13.8 Å². The molecule has 0 aliphatic rings. The molecule has 0 saturated carbocycles. The number of amides is 1. The van der Waals surface area contributed by atoms with Crippen molar-refractivity contribution in [2.24, 2.45) is 5.92 Å². The van der Waals surface area contributed by atoms with Crippen LogP contribution in [0.4, 0.5) is 0 Å². The molecule has 0 spiro atoms. The van der Waals surface area contributed by atoms with Crippen LogP contribution in [0.1, 0.15) is 30.8 Å². The van der Waals surface area contributed by atoms with Gasteiger partial charge in [0.1, 0.15) is 5.69 Å². The van der Waals surface area contributed by atoms with Gasteiger partial charge in [-0.05, 0) is 18.4 Å². The summed E-state index contributed by atoms with van der Waals surface area (Å²) in [4.78, 5) is 24.7. The van der Waals surface area contributed by atoms with Gasteiger partial charge < -0.3 is 10.4 Å². The standard InChI is InChI=1S/C14H18N4O2S/c1-9(2)10(4-7-19)17-13(20)11-8-21-14(18-11)12-15-5-3-6-16-12/h3,5-6,8-10,19H,4,7H2,1-2H3,(H,17,20). The van der Waals surface area contributed by atoms with Crippen molar-refractivity contribution in [1.82, 2.24) is 20.3 Å². The van der Waals surface area contributed by atoms with E-state index in [0.29, 0.717) is 22.9 Å². The van der Waals surface area contributed by atoms with Gasteiger partial charge >= 0.3 is 0 Å². The molecule has 2 aromatic rings. The van der Waals surface area contributed by atoms with E-state index in [-0.39, 0.29) is 24.5 Å². The van der Waals surface area contributed by atoms with Crippen molar-refractivity contribution in [3.63, 3.8) is 0 Å². The van der Waals surface area contributed by atoms with Crippen LogP contribution in [-0.2, 0) is 0 Å². The highest BCUT2D eigenvalue weighted by atomic mass is 32.1. The Morgan fingerprint density at radius 3 is 2.71 bits per heavy atom. The fourth-order valence-corrected chi connectivity index (χ4v) is 2.59. The molecule has 2 N–H and O–H groups in total. The number of aliphatic hydroxyl groups excluding tert-OH is 1. The predicted octanol–water partition coefficient (Wildman–Crippen LogP) is 1.74. The molecule has 6 nitrogen and oxygen atoms in total. The van der Waals surface area contributed by atoms with Gasteiger partial charge in [0.05, 0.1) is 0 Å². The Morgan fingerprint density at radius 1 is 1.38 bits per heavy atom. The van der Waals surface area contributed by atoms with E-state index in [4.69, 9.17) is 5.11 Å². The second kappa shape index (κ2) is 7.24. The first-order valence-electron chi connectivity index (χ1n) is 6.76. The minimum absolute atomic E-state index is 0.0449. The predicted molar refractivity (Wildman–Crippen MR) is 80.9 cm³/mol. The fourth-order valence-electron chi connectivity index (χ4n) is 1.84. The molecular weight excluding hydrogens is 288 g/mol. The molecule has 1 atom stereocenters. The summed E-state index contributed by atoms with van der Waals surface area (Å²) in [7, 11) is 0. The summed E-state index contributed by atoms with van der Waals surface area (Å²) in [5.41, 5.74) is 0.353. The molecular formula is C14H18N4O2S. The lowest BCUT2D eigenvalue weighted by Gasteiger charge is -2.20. The highest BCUT2D eigenvalue weighted by Crippen LogP contribution is 2.19. The van der Waals surface area contributed by atoms with Crippen LogP contribution in [0.2, 0.25) is 0 Å². The van der Waals surface area contributed by atoms with Gasteiger partial charge in [-0.15, -0.1) is 11.3 Å². The zero-order valence-electron chi connectivity index (χ0n) is 12.0. The fraction of sp³-hybridized carbons (Fsp3) is 0.429. The zero-order valence-corrected chi connectivity index (χ0v) is 12.8. The smallest absolute Gasteiger partial charge is 0.271 e. The molecule has 0 fully saturated rings. The minimum Gasteiger partial charge on any atom is -0.396 e. The van der Waals surface area contributed by atoms with E-state index < -0.39 is 0 Å². The Hall–Kier alpha value is -1.86. The summed E-state index contributed by atoms with van der Waals surface area (Å²) in [6.45, 7) is 4.05. The van der Waals surface area contributed by atoms with E-state index in [9.17, 15) is 4.79 Å². The topological polar surface area (TPSA) is 88.0 Å². The number of aliphatic hydroxyl groups is 1. The van der Waals surface area contributed by atoms with E-state index in [0.717, 1.165) is 0 Å². The molecule has 2 heterocycles. The number of aromatic nitrogens is 3. The number of hydrogen-bond donors (Lipinski definition) is 2. The van der Waals surface area contributed by atoms with Gasteiger partial charge in [0.25, 0.3) is 5.91 Å². The van der Waals surface area contributed by atoms with Crippen LogP contribution in [-0.4, -0.2) is 38.6 Å². The summed E-state index contributed by atoms with van der Waals surface area (Å²) in [6, 6.07) is 1.66. The highest BCUT2D eigenvalue weighted by Gasteiger charge is 2.19. The maximum atomic E-state index is 12.2. The molecule has 0 aliphatic carbocycles. The SMILES string of the molecule is CC(C)C(CCO)NC(=O)c1csc(-c2ncccn2)n1. The lowest BCUT2D eigenvalue weighted by atomic mass is 10.0. The molecule has 0 aromatic carbocycles. The average molecular weight is 306 g/mol. The van der Waals surface area contributed by atoms with Crippen LogP contribution in [0.5, 0.6) is 0 Å². The van der Waals surface area contributed by atoms with E-state index >= 15 is 0 Å². The molecule has 0 radical (unpaired) electrons. The third kappa shape index (κ3) is 4.05. The Morgan fingerprint density at radius 2 is 2.10 bits per heavy atom. The van der Waals surface area contributed by atoms with E-state index in [1.54, 1.807) is 23.8 Å². The third-order valence-electron chi connectivity index (χ3n) is 3.06. The van der Waals surface area contributed by atoms with Crippen LogP contribution in [0, 0.1) is 5.92 Å². The first-order valence-corrected chi connectivity index (χ1v) is 7.64. The summed E-state index contributed by atoms with van der Waals surface area (Å²) in [6.07, 6.45) is 3.81. The monoisotopic (exact) mass is 306 g/mol. The van der Waals surface area contributed by atoms with E-state index in [1.165, 1.54) is 11.3 Å². The van der Waals surface area contributed by atoms with Crippen molar-refractivity contribution in [3.8, 4) is 10.8 Å². The minimum atomic E-state index is -0.236. The summed E-state index contributed by atoms with van der Waals surface area (Å²) in [5.74, 6) is 0.523. The van der Waals surface area contributed by atoms with Crippen molar-refractivity contribution < 1.29 is 9.90 Å². The number of carbonyl (C=O) groups excluding carboxylic acids is 1. The van der Waals surface area contributed by atoms with Gasteiger partial charge in [-0.25, -0.2) is 15.0 Å². The number of hydrogen-bond acceptors (Lipinski definition) is 6. The number of nitrogens with zero attached hydrogens (tertiary/aromatic N) is 3. The van der Waals surface area contributed by atoms with Crippen molar-refractivity contribution in [2.75, 3.05) is 6.61 Å². The van der Waals surface area contributed by atoms with Gasteiger partial charge in [0.15, 0.2) is 10.8 Å². The van der Waals surface area contributed by atoms with Crippen LogP contribution < -0.4 is 5.32 Å².